The predicted octanol–water partition coefficient (Wildman–Crippen LogP) is 3.14. The highest BCUT2D eigenvalue weighted by Gasteiger charge is 2.01. The summed E-state index contributed by atoms with van der Waals surface area (Å²) in [5.74, 6) is 1.83. The van der Waals surface area contributed by atoms with Crippen molar-refractivity contribution in [2.75, 3.05) is 17.8 Å². The topological polar surface area (TPSA) is 30.0 Å². The quantitative estimate of drug-likeness (QED) is 0.554. The third-order valence-electron chi connectivity index (χ3n) is 1.55. The molecule has 0 N–H and O–H groups in total. The van der Waals surface area contributed by atoms with Gasteiger partial charge in [0.05, 0.1) is 5.75 Å². The maximum Gasteiger partial charge on any atom is 0.143 e. The minimum atomic E-state index is 0.330. The molecule has 0 unspecified atom stereocenters. The van der Waals surface area contributed by atoms with E-state index in [9.17, 15) is 4.79 Å². The van der Waals surface area contributed by atoms with Gasteiger partial charge in [0, 0.05) is 18.4 Å². The highest BCUT2D eigenvalue weighted by molar-refractivity contribution is 8.76. The van der Waals surface area contributed by atoms with Crippen LogP contribution >= 0.6 is 33.3 Å². The van der Waals surface area contributed by atoms with Crippen LogP contribution < -0.4 is 0 Å². The van der Waals surface area contributed by atoms with Crippen LogP contribution in [-0.2, 0) is 4.79 Å². The molecule has 1 rings (SSSR count). The Morgan fingerprint density at radius 1 is 1.47 bits per heavy atom. The Balaban J connectivity index is 2.10. The molecule has 0 bridgehead atoms. The fraction of sp³-hybridized carbons (Fsp3) is 0.400. The van der Waals surface area contributed by atoms with Crippen molar-refractivity contribution in [2.45, 2.75) is 11.4 Å². The van der Waals surface area contributed by atoms with Crippen LogP contribution in [0.3, 0.4) is 0 Å². The predicted molar refractivity (Wildman–Crippen MR) is 70.6 cm³/mol. The Hall–Kier alpha value is -0.130. The lowest BCUT2D eigenvalue weighted by molar-refractivity contribution is -0.116. The van der Waals surface area contributed by atoms with Crippen LogP contribution in [0.2, 0.25) is 0 Å². The summed E-state index contributed by atoms with van der Waals surface area (Å²) < 4.78 is 0. The SMILES string of the molecule is CSCC(=O)CCSSc1ccccn1. The molecule has 0 atom stereocenters. The molecule has 1 aromatic rings. The average molecular weight is 259 g/mol. The van der Waals surface area contributed by atoms with Crippen molar-refractivity contribution in [2.24, 2.45) is 0 Å². The normalized spacial score (nSPS) is 10.2. The van der Waals surface area contributed by atoms with Gasteiger partial charge in [-0.2, -0.15) is 11.8 Å². The van der Waals surface area contributed by atoms with Crippen LogP contribution in [0.15, 0.2) is 29.4 Å². The first-order valence-corrected chi connectivity index (χ1v) is 8.25. The van der Waals surface area contributed by atoms with E-state index >= 15 is 0 Å². The van der Waals surface area contributed by atoms with Crippen molar-refractivity contribution in [1.82, 2.24) is 4.98 Å². The zero-order valence-corrected chi connectivity index (χ0v) is 11.0. The Morgan fingerprint density at radius 2 is 2.33 bits per heavy atom. The van der Waals surface area contributed by atoms with Gasteiger partial charge in [-0.25, -0.2) is 4.98 Å². The first-order valence-electron chi connectivity index (χ1n) is 4.54. The van der Waals surface area contributed by atoms with Crippen LogP contribution in [-0.4, -0.2) is 28.5 Å². The molecule has 1 heterocycles. The molecule has 0 saturated carbocycles. The largest absolute Gasteiger partial charge is 0.299 e. The van der Waals surface area contributed by atoms with E-state index in [4.69, 9.17) is 0 Å². The minimum absolute atomic E-state index is 0.330. The van der Waals surface area contributed by atoms with Crippen LogP contribution in [0.25, 0.3) is 0 Å². The van der Waals surface area contributed by atoms with Gasteiger partial charge in [-0.15, -0.1) is 0 Å². The third kappa shape index (κ3) is 6.12. The van der Waals surface area contributed by atoms with Gasteiger partial charge in [0.1, 0.15) is 10.8 Å². The molecule has 2 nitrogen and oxygen atoms in total. The zero-order chi connectivity index (χ0) is 10.9. The van der Waals surface area contributed by atoms with Gasteiger partial charge in [0.25, 0.3) is 0 Å². The van der Waals surface area contributed by atoms with E-state index in [-0.39, 0.29) is 0 Å². The average Bonchev–Trinajstić information content (AvgIpc) is 2.26. The molecule has 0 aliphatic rings. The van der Waals surface area contributed by atoms with Gasteiger partial charge in [0.15, 0.2) is 0 Å². The fourth-order valence-electron chi connectivity index (χ4n) is 0.887. The van der Waals surface area contributed by atoms with Crippen molar-refractivity contribution in [3.8, 4) is 0 Å². The van der Waals surface area contributed by atoms with Crippen LogP contribution in [0, 0.1) is 0 Å². The number of hydrogen-bond acceptors (Lipinski definition) is 5. The van der Waals surface area contributed by atoms with Gasteiger partial charge in [-0.05, 0) is 29.2 Å². The maximum atomic E-state index is 11.2. The number of thioether (sulfide) groups is 1. The highest BCUT2D eigenvalue weighted by Crippen LogP contribution is 2.29. The van der Waals surface area contributed by atoms with Crippen LogP contribution in [0.5, 0.6) is 0 Å². The first kappa shape index (κ1) is 12.9. The molecule has 0 radical (unpaired) electrons. The molecule has 0 saturated heterocycles. The van der Waals surface area contributed by atoms with Gasteiger partial charge in [-0.1, -0.05) is 16.9 Å². The minimum Gasteiger partial charge on any atom is -0.299 e. The highest BCUT2D eigenvalue weighted by atomic mass is 33.1. The molecule has 5 heteroatoms. The van der Waals surface area contributed by atoms with E-state index < -0.39 is 0 Å². The number of rotatable bonds is 7. The molecule has 0 aliphatic carbocycles. The Morgan fingerprint density at radius 3 is 3.00 bits per heavy atom. The molecule has 15 heavy (non-hydrogen) atoms. The van der Waals surface area contributed by atoms with Crippen LogP contribution in [0.1, 0.15) is 6.42 Å². The maximum absolute atomic E-state index is 11.2. The summed E-state index contributed by atoms with van der Waals surface area (Å²) in [5.41, 5.74) is 0. The second-order valence-corrected chi connectivity index (χ2v) is 6.10. The number of aromatic nitrogens is 1. The van der Waals surface area contributed by atoms with Crippen molar-refractivity contribution in [3.05, 3.63) is 24.4 Å². The molecule has 0 aromatic carbocycles. The molecular formula is C10H13NOS3. The zero-order valence-electron chi connectivity index (χ0n) is 8.51. The Bertz CT molecular complexity index is 292. The van der Waals surface area contributed by atoms with E-state index in [2.05, 4.69) is 4.98 Å². The summed E-state index contributed by atoms with van der Waals surface area (Å²) in [5, 5.41) is 1.000. The summed E-state index contributed by atoms with van der Waals surface area (Å²) in [7, 11) is 3.31. The second-order valence-electron chi connectivity index (χ2n) is 2.79. The van der Waals surface area contributed by atoms with E-state index in [1.165, 1.54) is 0 Å². The monoisotopic (exact) mass is 259 g/mol. The summed E-state index contributed by atoms with van der Waals surface area (Å²) in [6.07, 6.45) is 4.39. The summed E-state index contributed by atoms with van der Waals surface area (Å²) >= 11 is 1.59. The van der Waals surface area contributed by atoms with Crippen molar-refractivity contribution in [3.63, 3.8) is 0 Å². The Labute approximate surface area is 102 Å². The number of pyridine rings is 1. The molecule has 82 valence electrons. The Kier molecular flexibility index (Phi) is 6.96. The number of nitrogens with zero attached hydrogens (tertiary/aromatic N) is 1. The molecular weight excluding hydrogens is 246 g/mol. The van der Waals surface area contributed by atoms with E-state index in [1.807, 2.05) is 24.5 Å². The van der Waals surface area contributed by atoms with Crippen molar-refractivity contribution < 1.29 is 4.79 Å². The lowest BCUT2D eigenvalue weighted by Crippen LogP contribution is -2.01. The number of Topliss-reactive ketones (excluding diaryl/α,β-unsaturated/α-hetero) is 1. The lowest BCUT2D eigenvalue weighted by Gasteiger charge is -1.99. The van der Waals surface area contributed by atoms with Gasteiger partial charge in [0.2, 0.25) is 0 Å². The standard InChI is InChI=1S/C10H13NOS3/c1-13-8-9(12)5-7-14-15-10-4-2-3-6-11-10/h2-4,6H,5,7-8H2,1H3. The third-order valence-corrected chi connectivity index (χ3v) is 4.43. The number of carbonyl (C=O) groups excluding carboxylic acids is 1. The molecule has 1 aromatic heterocycles. The fourth-order valence-corrected chi connectivity index (χ4v) is 3.26. The summed E-state index contributed by atoms with van der Waals surface area (Å²) in [6, 6.07) is 5.84. The van der Waals surface area contributed by atoms with E-state index in [0.29, 0.717) is 18.0 Å². The first-order chi connectivity index (χ1) is 7.33. The second kappa shape index (κ2) is 8.07. The smallest absolute Gasteiger partial charge is 0.143 e. The molecule has 0 fully saturated rings. The van der Waals surface area contributed by atoms with E-state index in [1.54, 1.807) is 39.5 Å². The van der Waals surface area contributed by atoms with Gasteiger partial charge in [-0.3, -0.25) is 4.79 Å². The molecule has 0 aliphatic heterocycles. The van der Waals surface area contributed by atoms with E-state index in [0.717, 1.165) is 10.8 Å². The lowest BCUT2D eigenvalue weighted by atomic mass is 10.3. The number of ketones is 1. The van der Waals surface area contributed by atoms with Crippen molar-refractivity contribution in [1.29, 1.82) is 0 Å². The molecule has 0 amide bonds. The van der Waals surface area contributed by atoms with Gasteiger partial charge < -0.3 is 0 Å². The summed E-state index contributed by atoms with van der Waals surface area (Å²) in [4.78, 5) is 15.4. The summed E-state index contributed by atoms with van der Waals surface area (Å²) in [6.45, 7) is 0. The molecule has 0 spiro atoms. The number of carbonyl (C=O) groups is 1. The van der Waals surface area contributed by atoms with Gasteiger partial charge >= 0.3 is 0 Å². The van der Waals surface area contributed by atoms with Crippen molar-refractivity contribution >= 4 is 39.1 Å². The number of hydrogen-bond donors (Lipinski definition) is 0. The van der Waals surface area contributed by atoms with Crippen LogP contribution in [0.4, 0.5) is 0 Å².